The van der Waals surface area contributed by atoms with Crippen molar-refractivity contribution in [2.75, 3.05) is 18.4 Å². The van der Waals surface area contributed by atoms with E-state index in [1.165, 1.54) is 18.4 Å². The first-order valence-corrected chi connectivity index (χ1v) is 13.9. The first-order valence-electron chi connectivity index (χ1n) is 13.1. The maximum Gasteiger partial charge on any atom is 0.146 e. The van der Waals surface area contributed by atoms with E-state index in [1.54, 1.807) is 6.20 Å². The fourth-order valence-corrected chi connectivity index (χ4v) is 5.66. The van der Waals surface area contributed by atoms with E-state index in [2.05, 4.69) is 71.9 Å². The normalized spacial score (nSPS) is 19.2. The Bertz CT molecular complexity index is 1390. The molecule has 4 aromatic rings. The van der Waals surface area contributed by atoms with E-state index in [1.807, 2.05) is 59.5 Å². The van der Waals surface area contributed by atoms with Crippen molar-refractivity contribution in [1.29, 1.82) is 0 Å². The second-order valence-electron chi connectivity index (χ2n) is 9.89. The summed E-state index contributed by atoms with van der Waals surface area (Å²) in [6, 6.07) is 22.7. The summed E-state index contributed by atoms with van der Waals surface area (Å²) in [6.07, 6.45) is 10.2. The van der Waals surface area contributed by atoms with Crippen LogP contribution < -0.4 is 15.4 Å². The predicted octanol–water partition coefficient (Wildman–Crippen LogP) is 6.13. The van der Waals surface area contributed by atoms with Crippen LogP contribution in [0, 0.1) is 5.92 Å². The molecule has 6 rings (SSSR count). The molecule has 2 aliphatic heterocycles. The van der Waals surface area contributed by atoms with E-state index < -0.39 is 0 Å². The molecule has 1 saturated heterocycles. The van der Waals surface area contributed by atoms with Gasteiger partial charge in [-0.05, 0) is 88.8 Å². The Labute approximate surface area is 231 Å². The summed E-state index contributed by atoms with van der Waals surface area (Å²) in [5.41, 5.74) is 2.41. The number of nitrogens with zero attached hydrogens (tertiary/aromatic N) is 4. The Morgan fingerprint density at radius 1 is 1.00 bits per heavy atom. The van der Waals surface area contributed by atoms with Gasteiger partial charge in [0.15, 0.2) is 0 Å². The van der Waals surface area contributed by atoms with Crippen molar-refractivity contribution in [3.63, 3.8) is 0 Å². The van der Waals surface area contributed by atoms with Crippen molar-refractivity contribution in [1.82, 2.24) is 25.0 Å². The largest absolute Gasteiger partial charge is 0.457 e. The van der Waals surface area contributed by atoms with Crippen molar-refractivity contribution >= 4 is 27.6 Å². The molecule has 0 spiro atoms. The van der Waals surface area contributed by atoms with Gasteiger partial charge in [-0.1, -0.05) is 36.4 Å². The Morgan fingerprint density at radius 2 is 1.87 bits per heavy atom. The highest BCUT2D eigenvalue weighted by Crippen LogP contribution is 2.33. The van der Waals surface area contributed by atoms with Crippen molar-refractivity contribution in [2.24, 2.45) is 5.92 Å². The van der Waals surface area contributed by atoms with Gasteiger partial charge in [0.2, 0.25) is 0 Å². The van der Waals surface area contributed by atoms with Crippen LogP contribution in [0.15, 0.2) is 95.9 Å². The minimum absolute atomic E-state index is 0.211. The molecule has 38 heavy (non-hydrogen) atoms. The van der Waals surface area contributed by atoms with Gasteiger partial charge in [0.05, 0.1) is 16.7 Å². The lowest BCUT2D eigenvalue weighted by molar-refractivity contribution is 0.162. The van der Waals surface area contributed by atoms with Gasteiger partial charge < -0.3 is 15.4 Å². The quantitative estimate of drug-likeness (QED) is 0.266. The lowest BCUT2D eigenvalue weighted by Gasteiger charge is -2.38. The summed E-state index contributed by atoms with van der Waals surface area (Å²) >= 11 is 3.68. The molecule has 0 saturated carbocycles. The number of hydrogen-bond acceptors (Lipinski definition) is 6. The smallest absolute Gasteiger partial charge is 0.146 e. The van der Waals surface area contributed by atoms with E-state index in [0.29, 0.717) is 12.5 Å². The summed E-state index contributed by atoms with van der Waals surface area (Å²) in [5.74, 6) is 4.21. The molecule has 7 nitrogen and oxygen atoms in total. The van der Waals surface area contributed by atoms with Crippen molar-refractivity contribution in [2.45, 2.75) is 32.0 Å². The Morgan fingerprint density at radius 3 is 2.74 bits per heavy atom. The fraction of sp³-hybridized carbons (Fsp3) is 0.267. The van der Waals surface area contributed by atoms with E-state index >= 15 is 0 Å². The molecule has 0 aliphatic carbocycles. The lowest BCUT2D eigenvalue weighted by atomic mass is 9.89. The Kier molecular flexibility index (Phi) is 7.42. The molecule has 4 heterocycles. The van der Waals surface area contributed by atoms with Gasteiger partial charge in [0.25, 0.3) is 0 Å². The fourth-order valence-electron chi connectivity index (χ4n) is 5.28. The van der Waals surface area contributed by atoms with Crippen molar-refractivity contribution in [3.05, 3.63) is 107 Å². The van der Waals surface area contributed by atoms with Gasteiger partial charge in [0.1, 0.15) is 23.1 Å². The number of pyridine rings is 1. The molecule has 2 unspecified atom stereocenters. The van der Waals surface area contributed by atoms with Crippen LogP contribution in [0.1, 0.15) is 24.0 Å². The standard InChI is InChI=1S/C30H31BrN6O/c31-27-19-34-37-29(33-18-23-8-5-13-32-17-23)16-28(35-30(27)37)24-9-6-14-36(21-24)20-22-7-4-12-26(15-22)38-25-10-2-1-3-11-25/h1-5,7-8,10-13,15-17,19,24,28,33,35H,6,9,14,18,20-21H2. The molecule has 2 aromatic heterocycles. The third-order valence-corrected chi connectivity index (χ3v) is 7.70. The number of nitrogens with one attached hydrogen (secondary N) is 2. The maximum atomic E-state index is 6.07. The van der Waals surface area contributed by atoms with Crippen LogP contribution in [0.2, 0.25) is 0 Å². The summed E-state index contributed by atoms with van der Waals surface area (Å²) in [5, 5.41) is 11.9. The van der Waals surface area contributed by atoms with Crippen molar-refractivity contribution < 1.29 is 4.74 Å². The topological polar surface area (TPSA) is 67.2 Å². The van der Waals surface area contributed by atoms with Crippen LogP contribution in [0.25, 0.3) is 5.82 Å². The molecular weight excluding hydrogens is 540 g/mol. The van der Waals surface area contributed by atoms with Gasteiger partial charge in [-0.2, -0.15) is 5.10 Å². The SMILES string of the molecule is Brc1cnn2c1NC(C1CCCN(Cc3cccc(Oc4ccccc4)c3)C1)C=C2NCc1cccnc1. The number of rotatable bonds is 8. The monoisotopic (exact) mass is 570 g/mol. The number of halogens is 1. The van der Waals surface area contributed by atoms with Gasteiger partial charge in [-0.25, -0.2) is 4.68 Å². The molecule has 0 bridgehead atoms. The molecule has 0 radical (unpaired) electrons. The number of benzene rings is 2. The highest BCUT2D eigenvalue weighted by molar-refractivity contribution is 9.10. The lowest BCUT2D eigenvalue weighted by Crippen LogP contribution is -2.44. The number of anilines is 1. The molecule has 2 aromatic carbocycles. The van der Waals surface area contributed by atoms with Crippen LogP contribution in [-0.2, 0) is 13.1 Å². The van der Waals surface area contributed by atoms with Crippen LogP contribution in [-0.4, -0.2) is 38.8 Å². The number of likely N-dealkylation sites (tertiary alicyclic amines) is 1. The minimum Gasteiger partial charge on any atom is -0.457 e. The number of hydrogen-bond donors (Lipinski definition) is 2. The van der Waals surface area contributed by atoms with Gasteiger partial charge in [-0.15, -0.1) is 0 Å². The number of fused-ring (bicyclic) bond motifs is 1. The zero-order valence-electron chi connectivity index (χ0n) is 21.1. The Hall–Kier alpha value is -3.62. The summed E-state index contributed by atoms with van der Waals surface area (Å²) in [6.45, 7) is 3.73. The highest BCUT2D eigenvalue weighted by atomic mass is 79.9. The number of para-hydroxylation sites is 1. The van der Waals surface area contributed by atoms with Gasteiger partial charge in [0, 0.05) is 32.0 Å². The molecule has 0 amide bonds. The van der Waals surface area contributed by atoms with Crippen LogP contribution in [0.3, 0.4) is 0 Å². The minimum atomic E-state index is 0.211. The molecular formula is C30H31BrN6O. The van der Waals surface area contributed by atoms with E-state index in [9.17, 15) is 0 Å². The third kappa shape index (κ3) is 5.76. The van der Waals surface area contributed by atoms with Crippen molar-refractivity contribution in [3.8, 4) is 11.5 Å². The molecule has 194 valence electrons. The zero-order valence-corrected chi connectivity index (χ0v) is 22.7. The molecule has 8 heteroatoms. The maximum absolute atomic E-state index is 6.07. The average molecular weight is 572 g/mol. The first kappa shape index (κ1) is 24.7. The zero-order chi connectivity index (χ0) is 25.7. The number of aromatic nitrogens is 3. The Balaban J connectivity index is 1.14. The van der Waals surface area contributed by atoms with Crippen LogP contribution >= 0.6 is 15.9 Å². The molecule has 1 fully saturated rings. The predicted molar refractivity (Wildman–Crippen MR) is 154 cm³/mol. The van der Waals surface area contributed by atoms with Gasteiger partial charge in [-0.3, -0.25) is 9.88 Å². The van der Waals surface area contributed by atoms with E-state index in [-0.39, 0.29) is 6.04 Å². The molecule has 2 atom stereocenters. The van der Waals surface area contributed by atoms with Gasteiger partial charge >= 0.3 is 0 Å². The molecule has 2 N–H and O–H groups in total. The third-order valence-electron chi connectivity index (χ3n) is 7.12. The second-order valence-corrected chi connectivity index (χ2v) is 10.7. The number of piperidine rings is 1. The average Bonchev–Trinajstić information content (AvgIpc) is 3.34. The summed E-state index contributed by atoms with van der Waals surface area (Å²) in [7, 11) is 0. The highest BCUT2D eigenvalue weighted by Gasteiger charge is 2.31. The summed E-state index contributed by atoms with van der Waals surface area (Å²) in [4.78, 5) is 6.80. The van der Waals surface area contributed by atoms with Crippen LogP contribution in [0.4, 0.5) is 5.82 Å². The number of ether oxygens (including phenoxy) is 1. The van der Waals surface area contributed by atoms with E-state index in [0.717, 1.165) is 52.8 Å². The van der Waals surface area contributed by atoms with E-state index in [4.69, 9.17) is 4.74 Å². The first-order chi connectivity index (χ1) is 18.7. The van der Waals surface area contributed by atoms with Crippen LogP contribution in [0.5, 0.6) is 11.5 Å². The molecule has 2 aliphatic rings. The second kappa shape index (κ2) is 11.4. The summed E-state index contributed by atoms with van der Waals surface area (Å²) < 4.78 is 8.98.